The Morgan fingerprint density at radius 3 is 1.47 bits per heavy atom. The zero-order chi connectivity index (χ0) is 12.5. The lowest BCUT2D eigenvalue weighted by atomic mass is 10.4. The van der Waals surface area contributed by atoms with Gasteiger partial charge in [-0.15, -0.1) is 0 Å². The number of carbonyl (C=O) groups excluding carboxylic acids is 2. The summed E-state index contributed by atoms with van der Waals surface area (Å²) < 4.78 is 0.844. The number of likely N-dealkylation sites (N-methyl/N-ethyl adjacent to an activating group) is 1. The van der Waals surface area contributed by atoms with Crippen molar-refractivity contribution < 1.29 is 19.2 Å². The van der Waals surface area contributed by atoms with Gasteiger partial charge in [-0.05, 0) is 23.2 Å². The minimum absolute atomic E-state index is 0.0316. The van der Waals surface area contributed by atoms with Crippen LogP contribution in [0.4, 0.5) is 0 Å². The molecule has 0 aromatic carbocycles. The molecule has 0 bridgehead atoms. The lowest BCUT2D eigenvalue weighted by Gasteiger charge is -2.21. The van der Waals surface area contributed by atoms with Crippen LogP contribution in [0.1, 0.15) is 12.8 Å². The number of quaternary nitrogens is 1. The molecule has 0 aliphatic carbocycles. The van der Waals surface area contributed by atoms with Gasteiger partial charge in [0.2, 0.25) is 10.5 Å². The molecular weight excluding hydrogens is 241 g/mol. The lowest BCUT2D eigenvalue weighted by molar-refractivity contribution is -0.870. The first-order valence-electron chi connectivity index (χ1n) is 4.47. The summed E-state index contributed by atoms with van der Waals surface area (Å²) in [6, 6.07) is 0. The van der Waals surface area contributed by atoms with Gasteiger partial charge in [0, 0.05) is 12.8 Å². The van der Waals surface area contributed by atoms with Gasteiger partial charge in [0.05, 0.1) is 27.7 Å². The Morgan fingerprint density at radius 2 is 1.40 bits per heavy atom. The smallest absolute Gasteiger partial charge is 0.222 e. The van der Waals surface area contributed by atoms with E-state index in [2.05, 4.69) is 21.1 Å². The fourth-order valence-corrected chi connectivity index (χ4v) is 0.686. The Labute approximate surface area is 100 Å². The quantitative estimate of drug-likeness (QED) is 0.591. The molecule has 15 heavy (non-hydrogen) atoms. The maximum Gasteiger partial charge on any atom is 0.222 e. The van der Waals surface area contributed by atoms with Gasteiger partial charge in [-0.1, -0.05) is 0 Å². The fourth-order valence-electron chi connectivity index (χ4n) is 0.497. The van der Waals surface area contributed by atoms with Crippen LogP contribution >= 0.6 is 23.2 Å². The molecule has 4 nitrogen and oxygen atoms in total. The van der Waals surface area contributed by atoms with Crippen LogP contribution in [0.2, 0.25) is 0 Å². The van der Waals surface area contributed by atoms with Gasteiger partial charge in [-0.2, -0.15) is 0 Å². The number of aliphatic hydroxyl groups excluding tert-OH is 1. The van der Waals surface area contributed by atoms with Crippen LogP contribution in [0.15, 0.2) is 0 Å². The first-order valence-corrected chi connectivity index (χ1v) is 5.22. The van der Waals surface area contributed by atoms with E-state index >= 15 is 0 Å². The molecular formula is C9H18Cl2NO3+. The van der Waals surface area contributed by atoms with Crippen molar-refractivity contribution in [3.05, 3.63) is 0 Å². The SMILES string of the molecule is C[N+](C)(C)CCO.O=C(Cl)CCC(=O)Cl. The standard InChI is InChI=1S/C5H14NO.C4H4Cl2O2/c1-6(2,3)4-5-7;5-3(7)1-2-4(6)8/h7H,4-5H2,1-3H3;1-2H2/q+1;. The maximum atomic E-state index is 9.90. The third-order valence-corrected chi connectivity index (χ3v) is 1.67. The van der Waals surface area contributed by atoms with E-state index in [9.17, 15) is 9.59 Å². The maximum absolute atomic E-state index is 9.90. The molecule has 0 heterocycles. The normalized spacial score (nSPS) is 10.3. The largest absolute Gasteiger partial charge is 0.391 e. The van der Waals surface area contributed by atoms with Crippen molar-refractivity contribution in [2.24, 2.45) is 0 Å². The third-order valence-electron chi connectivity index (χ3n) is 1.29. The molecule has 0 rings (SSSR count). The second-order valence-corrected chi connectivity index (χ2v) is 4.79. The van der Waals surface area contributed by atoms with Crippen molar-refractivity contribution in [2.45, 2.75) is 12.8 Å². The molecule has 0 amide bonds. The van der Waals surface area contributed by atoms with E-state index in [0.29, 0.717) is 0 Å². The molecule has 6 heteroatoms. The van der Waals surface area contributed by atoms with E-state index in [1.165, 1.54) is 0 Å². The van der Waals surface area contributed by atoms with Crippen molar-refractivity contribution in [3.63, 3.8) is 0 Å². The molecule has 0 unspecified atom stereocenters. The average Bonchev–Trinajstić information content (AvgIpc) is 1.99. The van der Waals surface area contributed by atoms with Crippen LogP contribution in [0, 0.1) is 0 Å². The van der Waals surface area contributed by atoms with E-state index in [0.717, 1.165) is 11.0 Å². The zero-order valence-corrected chi connectivity index (χ0v) is 10.8. The second-order valence-electron chi connectivity index (χ2n) is 3.95. The number of halogens is 2. The lowest BCUT2D eigenvalue weighted by Crippen LogP contribution is -2.36. The van der Waals surface area contributed by atoms with E-state index < -0.39 is 10.5 Å². The first-order chi connectivity index (χ1) is 6.69. The second kappa shape index (κ2) is 9.09. The monoisotopic (exact) mass is 258 g/mol. The highest BCUT2D eigenvalue weighted by Crippen LogP contribution is 1.97. The minimum Gasteiger partial charge on any atom is -0.391 e. The van der Waals surface area contributed by atoms with Crippen LogP contribution in [0.3, 0.4) is 0 Å². The number of hydrogen-bond acceptors (Lipinski definition) is 3. The molecule has 1 N–H and O–H groups in total. The highest BCUT2D eigenvalue weighted by molar-refractivity contribution is 6.65. The Balaban J connectivity index is 0. The average molecular weight is 259 g/mol. The summed E-state index contributed by atoms with van der Waals surface area (Å²) in [5.41, 5.74) is 0. The minimum atomic E-state index is -0.529. The Bertz CT molecular complexity index is 188. The molecule has 0 atom stereocenters. The summed E-state index contributed by atoms with van der Waals surface area (Å²) in [4.78, 5) is 19.8. The topological polar surface area (TPSA) is 54.4 Å². The summed E-state index contributed by atoms with van der Waals surface area (Å²) in [7, 11) is 6.16. The first kappa shape index (κ1) is 17.2. The number of carbonyl (C=O) groups is 2. The molecule has 0 saturated heterocycles. The van der Waals surface area contributed by atoms with Gasteiger partial charge >= 0.3 is 0 Å². The van der Waals surface area contributed by atoms with E-state index in [-0.39, 0.29) is 19.4 Å². The van der Waals surface area contributed by atoms with Crippen LogP contribution in [-0.2, 0) is 9.59 Å². The number of nitrogens with zero attached hydrogens (tertiary/aromatic N) is 1. The van der Waals surface area contributed by atoms with Crippen molar-refractivity contribution in [3.8, 4) is 0 Å². The van der Waals surface area contributed by atoms with Gasteiger partial charge in [-0.3, -0.25) is 9.59 Å². The zero-order valence-electron chi connectivity index (χ0n) is 9.30. The summed E-state index contributed by atoms with van der Waals surface area (Å²) in [5.74, 6) is 0. The molecule has 0 saturated carbocycles. The molecule has 0 aromatic rings. The van der Waals surface area contributed by atoms with Crippen molar-refractivity contribution in [1.29, 1.82) is 0 Å². The highest BCUT2D eigenvalue weighted by Gasteiger charge is 2.02. The molecule has 0 radical (unpaired) electrons. The van der Waals surface area contributed by atoms with Gasteiger partial charge in [0.1, 0.15) is 6.54 Å². The summed E-state index contributed by atoms with van der Waals surface area (Å²) in [6.45, 7) is 1.11. The van der Waals surface area contributed by atoms with Crippen LogP contribution in [0.25, 0.3) is 0 Å². The molecule has 0 aromatic heterocycles. The van der Waals surface area contributed by atoms with Crippen molar-refractivity contribution >= 4 is 33.7 Å². The number of aliphatic hydroxyl groups is 1. The summed E-state index contributed by atoms with van der Waals surface area (Å²) >= 11 is 9.74. The molecule has 0 fully saturated rings. The Morgan fingerprint density at radius 1 is 1.07 bits per heavy atom. The molecule has 0 spiro atoms. The Hall–Kier alpha value is -0.160. The van der Waals surface area contributed by atoms with Gasteiger partial charge in [0.15, 0.2) is 0 Å². The van der Waals surface area contributed by atoms with Crippen LogP contribution in [-0.4, -0.2) is 54.4 Å². The number of rotatable bonds is 5. The fraction of sp³-hybridized carbons (Fsp3) is 0.778. The highest BCUT2D eigenvalue weighted by atomic mass is 35.5. The van der Waals surface area contributed by atoms with Crippen molar-refractivity contribution in [1.82, 2.24) is 0 Å². The molecule has 0 aliphatic heterocycles. The van der Waals surface area contributed by atoms with Gasteiger partial charge in [0.25, 0.3) is 0 Å². The van der Waals surface area contributed by atoms with Crippen LogP contribution < -0.4 is 0 Å². The van der Waals surface area contributed by atoms with E-state index in [1.54, 1.807) is 0 Å². The molecule has 0 aliphatic rings. The number of hydrogen-bond donors (Lipinski definition) is 1. The van der Waals surface area contributed by atoms with Gasteiger partial charge < -0.3 is 9.59 Å². The van der Waals surface area contributed by atoms with E-state index in [4.69, 9.17) is 28.3 Å². The summed E-state index contributed by atoms with van der Waals surface area (Å²) in [5, 5.41) is 7.33. The predicted molar refractivity (Wildman–Crippen MR) is 60.9 cm³/mol. The van der Waals surface area contributed by atoms with Crippen LogP contribution in [0.5, 0.6) is 0 Å². The van der Waals surface area contributed by atoms with Crippen molar-refractivity contribution in [2.75, 3.05) is 34.3 Å². The van der Waals surface area contributed by atoms with Gasteiger partial charge in [-0.25, -0.2) is 0 Å². The summed E-state index contributed by atoms with van der Waals surface area (Å²) in [6.07, 6.45) is 0.0633. The predicted octanol–water partition coefficient (Wildman–Crippen LogP) is 0.982. The van der Waals surface area contributed by atoms with E-state index in [1.807, 2.05) is 0 Å². The Kier molecular flexibility index (Phi) is 10.5. The third kappa shape index (κ3) is 24.8. The molecule has 90 valence electrons.